The van der Waals surface area contributed by atoms with Gasteiger partial charge in [0.05, 0.1) is 6.42 Å². The zero-order chi connectivity index (χ0) is 12.0. The predicted molar refractivity (Wildman–Crippen MR) is 65.5 cm³/mol. The van der Waals surface area contributed by atoms with Crippen LogP contribution in [0.3, 0.4) is 0 Å². The van der Waals surface area contributed by atoms with Crippen molar-refractivity contribution in [3.8, 4) is 0 Å². The number of carboxylic acid groups (broad SMARTS) is 1. The normalized spacial score (nSPS) is 25.9. The minimum atomic E-state index is -0.676. The number of hydrogen-bond acceptors (Lipinski definition) is 2. The summed E-state index contributed by atoms with van der Waals surface area (Å²) in [7, 11) is 0. The van der Waals surface area contributed by atoms with E-state index in [0.717, 1.165) is 25.4 Å². The van der Waals surface area contributed by atoms with Gasteiger partial charge in [-0.05, 0) is 31.7 Å². The van der Waals surface area contributed by atoms with Crippen LogP contribution in [-0.4, -0.2) is 35.1 Å². The third kappa shape index (κ3) is 4.12. The van der Waals surface area contributed by atoms with Crippen LogP contribution >= 0.6 is 0 Å². The molecule has 94 valence electrons. The Bertz CT molecular complexity index is 218. The van der Waals surface area contributed by atoms with Crippen LogP contribution in [-0.2, 0) is 4.79 Å². The monoisotopic (exact) mass is 227 g/mol. The highest BCUT2D eigenvalue weighted by Gasteiger charge is 2.26. The molecule has 0 spiro atoms. The van der Waals surface area contributed by atoms with E-state index >= 15 is 0 Å². The molecule has 0 aromatic carbocycles. The minimum Gasteiger partial charge on any atom is -0.481 e. The first-order valence-electron chi connectivity index (χ1n) is 6.61. The maximum absolute atomic E-state index is 10.6. The van der Waals surface area contributed by atoms with Crippen molar-refractivity contribution in [2.24, 2.45) is 5.92 Å². The molecule has 2 unspecified atom stereocenters. The van der Waals surface area contributed by atoms with Gasteiger partial charge in [0.1, 0.15) is 0 Å². The number of nitrogens with zero attached hydrogens (tertiary/aromatic N) is 1. The van der Waals surface area contributed by atoms with Crippen molar-refractivity contribution >= 4 is 5.97 Å². The van der Waals surface area contributed by atoms with Crippen LogP contribution < -0.4 is 0 Å². The van der Waals surface area contributed by atoms with E-state index in [9.17, 15) is 4.79 Å². The van der Waals surface area contributed by atoms with Gasteiger partial charge in [-0.25, -0.2) is 0 Å². The molecule has 1 aliphatic rings. The first-order chi connectivity index (χ1) is 7.65. The molecule has 0 bridgehead atoms. The van der Waals surface area contributed by atoms with Crippen LogP contribution in [0.5, 0.6) is 0 Å². The molecule has 0 amide bonds. The third-order valence-electron chi connectivity index (χ3n) is 3.66. The summed E-state index contributed by atoms with van der Waals surface area (Å²) in [5.41, 5.74) is 0. The van der Waals surface area contributed by atoms with Crippen LogP contribution in [0, 0.1) is 5.92 Å². The van der Waals surface area contributed by atoms with Crippen molar-refractivity contribution in [3.63, 3.8) is 0 Å². The Kier molecular flexibility index (Phi) is 5.81. The smallest absolute Gasteiger partial charge is 0.304 e. The molecule has 1 saturated carbocycles. The molecule has 1 rings (SSSR count). The molecule has 3 heteroatoms. The van der Waals surface area contributed by atoms with E-state index in [1.165, 1.54) is 25.7 Å². The Labute approximate surface area is 98.8 Å². The second kappa shape index (κ2) is 6.89. The highest BCUT2D eigenvalue weighted by molar-refractivity contribution is 5.66. The average molecular weight is 227 g/mol. The van der Waals surface area contributed by atoms with Gasteiger partial charge in [0, 0.05) is 12.6 Å². The summed E-state index contributed by atoms with van der Waals surface area (Å²) in [6.45, 7) is 6.25. The van der Waals surface area contributed by atoms with Crippen molar-refractivity contribution in [1.82, 2.24) is 4.90 Å². The molecule has 2 atom stereocenters. The van der Waals surface area contributed by atoms with Gasteiger partial charge >= 0.3 is 5.97 Å². The van der Waals surface area contributed by atoms with Gasteiger partial charge in [-0.2, -0.15) is 0 Å². The summed E-state index contributed by atoms with van der Waals surface area (Å²) in [4.78, 5) is 13.0. The quantitative estimate of drug-likeness (QED) is 0.758. The summed E-state index contributed by atoms with van der Waals surface area (Å²) < 4.78 is 0. The van der Waals surface area contributed by atoms with Crippen molar-refractivity contribution in [1.29, 1.82) is 0 Å². The zero-order valence-corrected chi connectivity index (χ0v) is 10.6. The first kappa shape index (κ1) is 13.5. The minimum absolute atomic E-state index is 0.281. The van der Waals surface area contributed by atoms with E-state index in [1.54, 1.807) is 0 Å². The van der Waals surface area contributed by atoms with E-state index in [4.69, 9.17) is 5.11 Å². The topological polar surface area (TPSA) is 40.5 Å². The SMILES string of the molecule is CCCN(CCC(=O)O)C1CCCCC1C. The maximum atomic E-state index is 10.6. The second-order valence-electron chi connectivity index (χ2n) is 5.01. The van der Waals surface area contributed by atoms with Crippen molar-refractivity contribution in [2.75, 3.05) is 13.1 Å². The lowest BCUT2D eigenvalue weighted by atomic mass is 9.84. The van der Waals surface area contributed by atoms with Gasteiger partial charge in [0.25, 0.3) is 0 Å². The third-order valence-corrected chi connectivity index (χ3v) is 3.66. The fraction of sp³-hybridized carbons (Fsp3) is 0.923. The maximum Gasteiger partial charge on any atom is 0.304 e. The largest absolute Gasteiger partial charge is 0.481 e. The van der Waals surface area contributed by atoms with Crippen molar-refractivity contribution < 1.29 is 9.90 Å². The van der Waals surface area contributed by atoms with Gasteiger partial charge in [-0.15, -0.1) is 0 Å². The molecule has 3 nitrogen and oxygen atoms in total. The number of hydrogen-bond donors (Lipinski definition) is 1. The molecule has 0 aromatic rings. The predicted octanol–water partition coefficient (Wildman–Crippen LogP) is 2.75. The van der Waals surface area contributed by atoms with E-state index in [1.807, 2.05) is 0 Å². The zero-order valence-electron chi connectivity index (χ0n) is 10.6. The number of aliphatic carboxylic acids is 1. The molecule has 0 aromatic heterocycles. The lowest BCUT2D eigenvalue weighted by Gasteiger charge is -2.38. The van der Waals surface area contributed by atoms with Gasteiger partial charge in [-0.1, -0.05) is 26.7 Å². The Morgan fingerprint density at radius 1 is 1.31 bits per heavy atom. The number of rotatable bonds is 6. The lowest BCUT2D eigenvalue weighted by molar-refractivity contribution is -0.137. The van der Waals surface area contributed by atoms with Crippen molar-refractivity contribution in [3.05, 3.63) is 0 Å². The Hall–Kier alpha value is -0.570. The summed E-state index contributed by atoms with van der Waals surface area (Å²) in [5.74, 6) is 0.0543. The van der Waals surface area contributed by atoms with E-state index < -0.39 is 5.97 Å². The molecule has 0 aliphatic heterocycles. The lowest BCUT2D eigenvalue weighted by Crippen LogP contribution is -2.43. The van der Waals surface area contributed by atoms with E-state index in [0.29, 0.717) is 6.04 Å². The summed E-state index contributed by atoms with van der Waals surface area (Å²) >= 11 is 0. The summed E-state index contributed by atoms with van der Waals surface area (Å²) in [6, 6.07) is 0.619. The summed E-state index contributed by atoms with van der Waals surface area (Å²) in [6.07, 6.45) is 6.60. The second-order valence-corrected chi connectivity index (χ2v) is 5.01. The molecule has 16 heavy (non-hydrogen) atoms. The molecule has 1 fully saturated rings. The van der Waals surface area contributed by atoms with Gasteiger partial charge in [-0.3, -0.25) is 9.69 Å². The van der Waals surface area contributed by atoms with Crippen LogP contribution in [0.25, 0.3) is 0 Å². The summed E-state index contributed by atoms with van der Waals surface area (Å²) in [5, 5.41) is 8.77. The van der Waals surface area contributed by atoms with Gasteiger partial charge in [0.15, 0.2) is 0 Å². The average Bonchev–Trinajstić information content (AvgIpc) is 2.25. The highest BCUT2D eigenvalue weighted by Crippen LogP contribution is 2.28. The highest BCUT2D eigenvalue weighted by atomic mass is 16.4. The van der Waals surface area contributed by atoms with Crippen LogP contribution in [0.2, 0.25) is 0 Å². The molecule has 1 aliphatic carbocycles. The molecule has 0 radical (unpaired) electrons. The van der Waals surface area contributed by atoms with Gasteiger partial charge < -0.3 is 5.11 Å². The van der Waals surface area contributed by atoms with E-state index in [-0.39, 0.29) is 6.42 Å². The Morgan fingerprint density at radius 3 is 2.56 bits per heavy atom. The molecule has 0 saturated heterocycles. The van der Waals surface area contributed by atoms with Crippen LogP contribution in [0.15, 0.2) is 0 Å². The first-order valence-corrected chi connectivity index (χ1v) is 6.61. The fourth-order valence-corrected chi connectivity index (χ4v) is 2.81. The molecule has 1 N–H and O–H groups in total. The molecular formula is C13H25NO2. The molecular weight excluding hydrogens is 202 g/mol. The Balaban J connectivity index is 2.49. The van der Waals surface area contributed by atoms with Crippen LogP contribution in [0.4, 0.5) is 0 Å². The number of carboxylic acids is 1. The Morgan fingerprint density at radius 2 is 2.00 bits per heavy atom. The van der Waals surface area contributed by atoms with Crippen molar-refractivity contribution in [2.45, 2.75) is 58.4 Å². The van der Waals surface area contributed by atoms with Gasteiger partial charge in [0.2, 0.25) is 0 Å². The number of carbonyl (C=O) groups is 1. The van der Waals surface area contributed by atoms with E-state index in [2.05, 4.69) is 18.7 Å². The molecule has 0 heterocycles. The van der Waals surface area contributed by atoms with Crippen LogP contribution in [0.1, 0.15) is 52.4 Å². The standard InChI is InChI=1S/C13H25NO2/c1-3-9-14(10-8-13(15)16)12-7-5-4-6-11(12)2/h11-12H,3-10H2,1-2H3,(H,15,16). The fourth-order valence-electron chi connectivity index (χ4n) is 2.81.